The van der Waals surface area contributed by atoms with Crippen LogP contribution < -0.4 is 5.32 Å². The van der Waals surface area contributed by atoms with Gasteiger partial charge in [0, 0.05) is 32.1 Å². The standard InChI is InChI=1S/C16H24N4O/c1-4-14-10-15(5-2)20(19-14)16-7-6-13(12-18-16)11-17-8-9-21-3/h6-7,10,12,17H,4-5,8-9,11H2,1-3H3. The molecule has 21 heavy (non-hydrogen) atoms. The minimum atomic E-state index is 0.721. The normalized spacial score (nSPS) is 11.0. The number of aromatic nitrogens is 3. The summed E-state index contributed by atoms with van der Waals surface area (Å²) in [6, 6.07) is 6.27. The Balaban J connectivity index is 2.06. The zero-order valence-corrected chi connectivity index (χ0v) is 13.1. The molecule has 114 valence electrons. The number of rotatable bonds is 8. The number of ether oxygens (including phenoxy) is 1. The van der Waals surface area contributed by atoms with Crippen LogP contribution in [-0.4, -0.2) is 35.0 Å². The van der Waals surface area contributed by atoms with Gasteiger partial charge in [-0.2, -0.15) is 5.10 Å². The summed E-state index contributed by atoms with van der Waals surface area (Å²) in [5, 5.41) is 7.92. The summed E-state index contributed by atoms with van der Waals surface area (Å²) in [5.41, 5.74) is 3.47. The van der Waals surface area contributed by atoms with Crippen LogP contribution in [0.2, 0.25) is 0 Å². The van der Waals surface area contributed by atoms with Gasteiger partial charge in [0.25, 0.3) is 0 Å². The van der Waals surface area contributed by atoms with Crippen LogP contribution in [0.1, 0.15) is 30.8 Å². The second kappa shape index (κ2) is 7.90. The molecule has 2 heterocycles. The number of nitrogens with one attached hydrogen (secondary N) is 1. The van der Waals surface area contributed by atoms with Gasteiger partial charge in [-0.05, 0) is 30.5 Å². The molecule has 0 amide bonds. The molecule has 0 saturated carbocycles. The van der Waals surface area contributed by atoms with Crippen molar-refractivity contribution < 1.29 is 4.74 Å². The Hall–Kier alpha value is -1.72. The van der Waals surface area contributed by atoms with Crippen molar-refractivity contribution in [1.29, 1.82) is 0 Å². The van der Waals surface area contributed by atoms with Crippen LogP contribution in [0.15, 0.2) is 24.4 Å². The Morgan fingerprint density at radius 3 is 2.71 bits per heavy atom. The molecule has 0 spiro atoms. The lowest BCUT2D eigenvalue weighted by molar-refractivity contribution is 0.199. The molecule has 0 unspecified atom stereocenters. The van der Waals surface area contributed by atoms with Crippen LogP contribution in [0.4, 0.5) is 0 Å². The van der Waals surface area contributed by atoms with Gasteiger partial charge in [0.2, 0.25) is 0 Å². The van der Waals surface area contributed by atoms with Crippen LogP contribution >= 0.6 is 0 Å². The maximum atomic E-state index is 5.01. The van der Waals surface area contributed by atoms with Crippen molar-refractivity contribution in [3.8, 4) is 5.82 Å². The van der Waals surface area contributed by atoms with E-state index in [1.807, 2.05) is 16.9 Å². The quantitative estimate of drug-likeness (QED) is 0.756. The highest BCUT2D eigenvalue weighted by atomic mass is 16.5. The lowest BCUT2D eigenvalue weighted by Crippen LogP contribution is -2.18. The zero-order valence-electron chi connectivity index (χ0n) is 13.1. The summed E-state index contributed by atoms with van der Waals surface area (Å²) in [6.45, 7) is 6.63. The van der Waals surface area contributed by atoms with Crippen molar-refractivity contribution in [2.75, 3.05) is 20.3 Å². The van der Waals surface area contributed by atoms with Gasteiger partial charge in [-0.3, -0.25) is 0 Å². The van der Waals surface area contributed by atoms with E-state index in [9.17, 15) is 0 Å². The largest absolute Gasteiger partial charge is 0.383 e. The molecule has 0 aliphatic heterocycles. The molecule has 0 aliphatic carbocycles. The first-order chi connectivity index (χ1) is 10.3. The van der Waals surface area contributed by atoms with E-state index < -0.39 is 0 Å². The van der Waals surface area contributed by atoms with Gasteiger partial charge < -0.3 is 10.1 Å². The van der Waals surface area contributed by atoms with Crippen molar-refractivity contribution in [2.24, 2.45) is 0 Å². The Kier molecular flexibility index (Phi) is 5.90. The number of nitrogens with zero attached hydrogens (tertiary/aromatic N) is 3. The Morgan fingerprint density at radius 1 is 1.24 bits per heavy atom. The lowest BCUT2D eigenvalue weighted by Gasteiger charge is -2.07. The third-order valence-electron chi connectivity index (χ3n) is 3.40. The fourth-order valence-electron chi connectivity index (χ4n) is 2.15. The Labute approximate surface area is 126 Å². The van der Waals surface area contributed by atoms with Gasteiger partial charge in [-0.15, -0.1) is 0 Å². The predicted octanol–water partition coefficient (Wildman–Crippen LogP) is 2.13. The number of methoxy groups -OCH3 is 1. The first-order valence-electron chi connectivity index (χ1n) is 7.51. The van der Waals surface area contributed by atoms with Crippen LogP contribution in [0, 0.1) is 0 Å². The molecule has 0 bridgehead atoms. The molecule has 5 heteroatoms. The maximum Gasteiger partial charge on any atom is 0.153 e. The number of hydrogen-bond acceptors (Lipinski definition) is 4. The van der Waals surface area contributed by atoms with Gasteiger partial charge in [0.15, 0.2) is 5.82 Å². The fraction of sp³-hybridized carbons (Fsp3) is 0.500. The van der Waals surface area contributed by atoms with E-state index in [4.69, 9.17) is 4.74 Å². The molecule has 0 saturated heterocycles. The molecular weight excluding hydrogens is 264 g/mol. The summed E-state index contributed by atoms with van der Waals surface area (Å²) in [6.07, 6.45) is 3.80. The molecule has 1 N–H and O–H groups in total. The smallest absolute Gasteiger partial charge is 0.153 e. The van der Waals surface area contributed by atoms with E-state index >= 15 is 0 Å². The zero-order chi connectivity index (χ0) is 15.1. The van der Waals surface area contributed by atoms with Gasteiger partial charge in [0.05, 0.1) is 12.3 Å². The van der Waals surface area contributed by atoms with Crippen molar-refractivity contribution >= 4 is 0 Å². The summed E-state index contributed by atoms with van der Waals surface area (Å²) in [4.78, 5) is 4.53. The van der Waals surface area contributed by atoms with Crippen LogP contribution in [0.5, 0.6) is 0 Å². The van der Waals surface area contributed by atoms with Crippen molar-refractivity contribution in [2.45, 2.75) is 33.2 Å². The topological polar surface area (TPSA) is 52.0 Å². The highest BCUT2D eigenvalue weighted by Gasteiger charge is 2.08. The minimum Gasteiger partial charge on any atom is -0.383 e. The monoisotopic (exact) mass is 288 g/mol. The molecule has 0 aliphatic rings. The second-order valence-electron chi connectivity index (χ2n) is 4.94. The van der Waals surface area contributed by atoms with E-state index in [2.05, 4.69) is 41.4 Å². The third-order valence-corrected chi connectivity index (χ3v) is 3.40. The molecule has 5 nitrogen and oxygen atoms in total. The van der Waals surface area contributed by atoms with Crippen molar-refractivity contribution in [3.63, 3.8) is 0 Å². The molecule has 2 aromatic heterocycles. The van der Waals surface area contributed by atoms with Crippen LogP contribution in [0.3, 0.4) is 0 Å². The van der Waals surface area contributed by atoms with Gasteiger partial charge in [0.1, 0.15) is 0 Å². The number of hydrogen-bond donors (Lipinski definition) is 1. The SMILES string of the molecule is CCc1cc(CC)n(-c2ccc(CNCCOC)cn2)n1. The Morgan fingerprint density at radius 2 is 2.10 bits per heavy atom. The molecule has 2 aromatic rings. The van der Waals surface area contributed by atoms with Crippen LogP contribution in [0.25, 0.3) is 5.82 Å². The molecule has 0 atom stereocenters. The summed E-state index contributed by atoms with van der Waals surface area (Å²) in [5.74, 6) is 0.882. The van der Waals surface area contributed by atoms with Gasteiger partial charge in [-0.1, -0.05) is 19.9 Å². The summed E-state index contributed by atoms with van der Waals surface area (Å²) in [7, 11) is 1.71. The molecule has 0 radical (unpaired) electrons. The average molecular weight is 288 g/mol. The summed E-state index contributed by atoms with van der Waals surface area (Å²) < 4.78 is 6.95. The predicted molar refractivity (Wildman–Crippen MR) is 83.7 cm³/mol. The molecule has 0 fully saturated rings. The number of pyridine rings is 1. The highest BCUT2D eigenvalue weighted by Crippen LogP contribution is 2.12. The molecule has 0 aromatic carbocycles. The first-order valence-corrected chi connectivity index (χ1v) is 7.51. The molecule has 2 rings (SSSR count). The van der Waals surface area contributed by atoms with Crippen LogP contribution in [-0.2, 0) is 24.1 Å². The minimum absolute atomic E-state index is 0.721. The van der Waals surface area contributed by atoms with Gasteiger partial charge >= 0.3 is 0 Å². The summed E-state index contributed by atoms with van der Waals surface area (Å²) >= 11 is 0. The Bertz CT molecular complexity index is 548. The lowest BCUT2D eigenvalue weighted by atomic mass is 10.2. The van der Waals surface area contributed by atoms with E-state index in [1.54, 1.807) is 7.11 Å². The average Bonchev–Trinajstić information content (AvgIpc) is 2.95. The van der Waals surface area contributed by atoms with E-state index in [1.165, 1.54) is 5.69 Å². The second-order valence-corrected chi connectivity index (χ2v) is 4.94. The highest BCUT2D eigenvalue weighted by molar-refractivity contribution is 5.28. The van der Waals surface area contributed by atoms with Crippen molar-refractivity contribution in [3.05, 3.63) is 41.3 Å². The maximum absolute atomic E-state index is 5.01. The van der Waals surface area contributed by atoms with E-state index in [-0.39, 0.29) is 0 Å². The van der Waals surface area contributed by atoms with Gasteiger partial charge in [-0.25, -0.2) is 9.67 Å². The van der Waals surface area contributed by atoms with Crippen molar-refractivity contribution in [1.82, 2.24) is 20.1 Å². The fourth-order valence-corrected chi connectivity index (χ4v) is 2.15. The van der Waals surface area contributed by atoms with E-state index in [0.717, 1.165) is 49.6 Å². The first kappa shape index (κ1) is 15.7. The van der Waals surface area contributed by atoms with E-state index in [0.29, 0.717) is 0 Å². The number of aryl methyl sites for hydroxylation is 2. The molecular formula is C16H24N4O. The third kappa shape index (κ3) is 4.12.